The molecular weight excluding hydrogens is 246 g/mol. The van der Waals surface area contributed by atoms with Crippen LogP contribution < -0.4 is 4.90 Å². The van der Waals surface area contributed by atoms with Crippen molar-refractivity contribution in [3.8, 4) is 0 Å². The average molecular weight is 265 g/mol. The van der Waals surface area contributed by atoms with Gasteiger partial charge in [0.1, 0.15) is 5.69 Å². The van der Waals surface area contributed by atoms with Gasteiger partial charge in [-0.15, -0.1) is 0 Å². The highest BCUT2D eigenvalue weighted by atomic mass is 16.4. The number of hydrogen-bond acceptors (Lipinski definition) is 4. The third kappa shape index (κ3) is 4.24. The van der Waals surface area contributed by atoms with Crippen molar-refractivity contribution in [1.82, 2.24) is 9.88 Å². The smallest absolute Gasteiger partial charge is 0.305 e. The average Bonchev–Trinajstić information content (AvgIpc) is 2.38. The van der Waals surface area contributed by atoms with Crippen molar-refractivity contribution in [3.63, 3.8) is 0 Å². The molecule has 0 aliphatic carbocycles. The first kappa shape index (κ1) is 14.9. The van der Waals surface area contributed by atoms with Gasteiger partial charge in [0.05, 0.1) is 6.42 Å². The van der Waals surface area contributed by atoms with E-state index in [0.29, 0.717) is 18.8 Å². The summed E-state index contributed by atoms with van der Waals surface area (Å²) in [6, 6.07) is 3.46. The molecule has 0 aliphatic rings. The summed E-state index contributed by atoms with van der Waals surface area (Å²) in [5.74, 6) is -1.01. The van der Waals surface area contributed by atoms with Gasteiger partial charge in [-0.05, 0) is 19.1 Å². The topological polar surface area (TPSA) is 73.7 Å². The van der Waals surface area contributed by atoms with Crippen LogP contribution in [0.2, 0.25) is 0 Å². The molecule has 0 radical (unpaired) electrons. The maximum atomic E-state index is 11.8. The molecule has 0 bridgehead atoms. The van der Waals surface area contributed by atoms with E-state index in [9.17, 15) is 9.59 Å². The van der Waals surface area contributed by atoms with Crippen molar-refractivity contribution in [3.05, 3.63) is 24.0 Å². The standard InChI is InChI=1S/C13H19N3O3/c1-4-16(8-6-12(17)18)10-5-7-14-11(9-10)13(19)15(2)3/h5,7,9H,4,6,8H2,1-3H3,(H,17,18). The van der Waals surface area contributed by atoms with Crippen molar-refractivity contribution >= 4 is 17.6 Å². The maximum absolute atomic E-state index is 11.8. The van der Waals surface area contributed by atoms with Crippen LogP contribution in [0.25, 0.3) is 0 Å². The van der Waals surface area contributed by atoms with E-state index in [1.165, 1.54) is 4.90 Å². The minimum atomic E-state index is -0.836. The molecule has 1 N–H and O–H groups in total. The van der Waals surface area contributed by atoms with Crippen LogP contribution in [-0.2, 0) is 4.79 Å². The summed E-state index contributed by atoms with van der Waals surface area (Å²) in [4.78, 5) is 29.8. The molecule has 1 heterocycles. The molecule has 104 valence electrons. The summed E-state index contributed by atoms with van der Waals surface area (Å²) < 4.78 is 0. The lowest BCUT2D eigenvalue weighted by Gasteiger charge is -2.22. The first-order valence-electron chi connectivity index (χ1n) is 6.10. The van der Waals surface area contributed by atoms with E-state index in [1.54, 1.807) is 32.4 Å². The van der Waals surface area contributed by atoms with Crippen molar-refractivity contribution < 1.29 is 14.7 Å². The summed E-state index contributed by atoms with van der Waals surface area (Å²) in [7, 11) is 3.33. The third-order valence-electron chi connectivity index (χ3n) is 2.71. The Balaban J connectivity index is 2.89. The zero-order chi connectivity index (χ0) is 14.4. The number of anilines is 1. The van der Waals surface area contributed by atoms with Crippen LogP contribution in [0.4, 0.5) is 5.69 Å². The number of pyridine rings is 1. The fourth-order valence-corrected chi connectivity index (χ4v) is 1.66. The lowest BCUT2D eigenvalue weighted by Crippen LogP contribution is -2.27. The normalized spacial score (nSPS) is 10.1. The van der Waals surface area contributed by atoms with Gasteiger partial charge in [-0.1, -0.05) is 0 Å². The van der Waals surface area contributed by atoms with E-state index in [4.69, 9.17) is 5.11 Å². The number of rotatable bonds is 6. The molecule has 0 aromatic carbocycles. The molecule has 6 nitrogen and oxygen atoms in total. The molecule has 0 spiro atoms. The van der Waals surface area contributed by atoms with Gasteiger partial charge in [0.2, 0.25) is 0 Å². The van der Waals surface area contributed by atoms with Gasteiger partial charge >= 0.3 is 5.97 Å². The van der Waals surface area contributed by atoms with Crippen molar-refractivity contribution in [2.45, 2.75) is 13.3 Å². The highest BCUT2D eigenvalue weighted by Gasteiger charge is 2.13. The van der Waals surface area contributed by atoms with Crippen LogP contribution in [0.1, 0.15) is 23.8 Å². The molecule has 1 aromatic heterocycles. The number of nitrogens with zero attached hydrogens (tertiary/aromatic N) is 3. The van der Waals surface area contributed by atoms with Gasteiger partial charge in [0.15, 0.2) is 0 Å². The summed E-state index contributed by atoms with van der Waals surface area (Å²) in [6.07, 6.45) is 1.63. The number of carbonyl (C=O) groups is 2. The van der Waals surface area contributed by atoms with Gasteiger partial charge < -0.3 is 14.9 Å². The van der Waals surface area contributed by atoms with Gasteiger partial charge in [0.25, 0.3) is 5.91 Å². The highest BCUT2D eigenvalue weighted by molar-refractivity contribution is 5.92. The monoisotopic (exact) mass is 265 g/mol. The van der Waals surface area contributed by atoms with Gasteiger partial charge in [-0.25, -0.2) is 0 Å². The molecule has 0 unspecified atom stereocenters. The predicted molar refractivity (Wildman–Crippen MR) is 72.4 cm³/mol. The lowest BCUT2D eigenvalue weighted by molar-refractivity contribution is -0.136. The van der Waals surface area contributed by atoms with E-state index in [1.807, 2.05) is 11.8 Å². The highest BCUT2D eigenvalue weighted by Crippen LogP contribution is 2.15. The van der Waals surface area contributed by atoms with Crippen molar-refractivity contribution in [2.24, 2.45) is 0 Å². The zero-order valence-corrected chi connectivity index (χ0v) is 11.5. The molecule has 0 aliphatic heterocycles. The fraction of sp³-hybridized carbons (Fsp3) is 0.462. The van der Waals surface area contributed by atoms with Gasteiger partial charge in [-0.2, -0.15) is 0 Å². The van der Waals surface area contributed by atoms with Crippen LogP contribution in [-0.4, -0.2) is 54.1 Å². The van der Waals surface area contributed by atoms with Crippen LogP contribution in [0, 0.1) is 0 Å². The quantitative estimate of drug-likeness (QED) is 0.833. The molecular formula is C13H19N3O3. The second-order valence-corrected chi connectivity index (χ2v) is 4.32. The Labute approximate surface area is 112 Å². The van der Waals surface area contributed by atoms with E-state index in [2.05, 4.69) is 4.98 Å². The second-order valence-electron chi connectivity index (χ2n) is 4.32. The molecule has 0 atom stereocenters. The summed E-state index contributed by atoms with van der Waals surface area (Å²) in [5, 5.41) is 8.72. The Morgan fingerprint density at radius 2 is 2.05 bits per heavy atom. The number of carboxylic acid groups (broad SMARTS) is 1. The molecule has 1 aromatic rings. The largest absolute Gasteiger partial charge is 0.481 e. The van der Waals surface area contributed by atoms with Gasteiger partial charge in [-0.3, -0.25) is 14.6 Å². The third-order valence-corrected chi connectivity index (χ3v) is 2.71. The summed E-state index contributed by atoms with van der Waals surface area (Å²) >= 11 is 0. The lowest BCUT2D eigenvalue weighted by atomic mass is 10.2. The number of carbonyl (C=O) groups excluding carboxylic acids is 1. The Morgan fingerprint density at radius 3 is 2.58 bits per heavy atom. The minimum absolute atomic E-state index is 0.0626. The van der Waals surface area contributed by atoms with E-state index < -0.39 is 5.97 Å². The van der Waals surface area contributed by atoms with Crippen LogP contribution in [0.5, 0.6) is 0 Å². The molecule has 0 saturated heterocycles. The summed E-state index contributed by atoms with van der Waals surface area (Å²) in [5.41, 5.74) is 1.17. The number of amides is 1. The Kier molecular flexibility index (Phi) is 5.29. The van der Waals surface area contributed by atoms with E-state index >= 15 is 0 Å². The summed E-state index contributed by atoms with van der Waals surface area (Å²) in [6.45, 7) is 3.02. The van der Waals surface area contributed by atoms with Crippen molar-refractivity contribution in [1.29, 1.82) is 0 Å². The predicted octanol–water partition coefficient (Wildman–Crippen LogP) is 1.08. The first-order valence-corrected chi connectivity index (χ1v) is 6.10. The minimum Gasteiger partial charge on any atom is -0.481 e. The molecule has 1 amide bonds. The number of aliphatic carboxylic acids is 1. The molecule has 0 fully saturated rings. The van der Waals surface area contributed by atoms with Crippen LogP contribution in [0.3, 0.4) is 0 Å². The Morgan fingerprint density at radius 1 is 1.37 bits per heavy atom. The molecule has 0 saturated carbocycles. The first-order chi connectivity index (χ1) is 8.95. The number of hydrogen-bond donors (Lipinski definition) is 1. The molecule has 6 heteroatoms. The van der Waals surface area contributed by atoms with E-state index in [0.717, 1.165) is 5.69 Å². The second kappa shape index (κ2) is 6.72. The number of aromatic nitrogens is 1. The fourth-order valence-electron chi connectivity index (χ4n) is 1.66. The zero-order valence-electron chi connectivity index (χ0n) is 11.5. The Bertz CT molecular complexity index is 460. The maximum Gasteiger partial charge on any atom is 0.305 e. The number of carboxylic acids is 1. The van der Waals surface area contributed by atoms with Crippen LogP contribution in [0.15, 0.2) is 18.3 Å². The van der Waals surface area contributed by atoms with Crippen molar-refractivity contribution in [2.75, 3.05) is 32.1 Å². The van der Waals surface area contributed by atoms with E-state index in [-0.39, 0.29) is 12.3 Å². The SMILES string of the molecule is CCN(CCC(=O)O)c1ccnc(C(=O)N(C)C)c1. The Hall–Kier alpha value is -2.11. The molecule has 1 rings (SSSR count). The molecule has 19 heavy (non-hydrogen) atoms. The van der Waals surface area contributed by atoms with Gasteiger partial charge in [0, 0.05) is 39.1 Å². The van der Waals surface area contributed by atoms with Crippen LogP contribution >= 0.6 is 0 Å².